The van der Waals surface area contributed by atoms with E-state index >= 15 is 0 Å². The van der Waals surface area contributed by atoms with Gasteiger partial charge in [0.2, 0.25) is 0 Å². The third kappa shape index (κ3) is 2.27. The first-order valence-electron chi connectivity index (χ1n) is 3.34. The van der Waals surface area contributed by atoms with E-state index in [0.717, 1.165) is 4.47 Å². The van der Waals surface area contributed by atoms with Crippen LogP contribution in [0.15, 0.2) is 22.8 Å². The summed E-state index contributed by atoms with van der Waals surface area (Å²) >= 11 is 3.27. The fourth-order valence-electron chi connectivity index (χ4n) is 0.738. The van der Waals surface area contributed by atoms with Gasteiger partial charge in [-0.05, 0) is 41.9 Å². The minimum atomic E-state index is -0.847. The van der Waals surface area contributed by atoms with Crippen LogP contribution in [-0.2, 0) is 5.60 Å². The van der Waals surface area contributed by atoms with E-state index in [2.05, 4.69) is 20.9 Å². The van der Waals surface area contributed by atoms with Crippen LogP contribution in [0.25, 0.3) is 0 Å². The molecular formula is C8H10BrNO. The van der Waals surface area contributed by atoms with Gasteiger partial charge in [-0.15, -0.1) is 0 Å². The molecule has 0 bridgehead atoms. The highest BCUT2D eigenvalue weighted by molar-refractivity contribution is 9.10. The molecule has 0 amide bonds. The van der Waals surface area contributed by atoms with E-state index in [0.29, 0.717) is 5.69 Å². The Kier molecular flexibility index (Phi) is 2.30. The molecule has 1 heterocycles. The Bertz CT molecular complexity index is 237. The summed E-state index contributed by atoms with van der Waals surface area (Å²) in [7, 11) is 0. The summed E-state index contributed by atoms with van der Waals surface area (Å²) in [6.07, 6.45) is 1.67. The summed E-state index contributed by atoms with van der Waals surface area (Å²) in [6.45, 7) is 3.42. The number of halogens is 1. The van der Waals surface area contributed by atoms with Gasteiger partial charge in [-0.25, -0.2) is 0 Å². The fourth-order valence-corrected chi connectivity index (χ4v) is 0.972. The number of hydrogen-bond donors (Lipinski definition) is 1. The Labute approximate surface area is 74.4 Å². The van der Waals surface area contributed by atoms with Crippen LogP contribution in [0.1, 0.15) is 19.5 Å². The summed E-state index contributed by atoms with van der Waals surface area (Å²) in [5.74, 6) is 0. The molecule has 0 aromatic carbocycles. The van der Waals surface area contributed by atoms with Crippen molar-refractivity contribution < 1.29 is 5.11 Å². The van der Waals surface area contributed by atoms with E-state index in [1.165, 1.54) is 0 Å². The Morgan fingerprint density at radius 3 is 2.45 bits per heavy atom. The van der Waals surface area contributed by atoms with Gasteiger partial charge >= 0.3 is 0 Å². The van der Waals surface area contributed by atoms with Crippen LogP contribution in [0.4, 0.5) is 0 Å². The lowest BCUT2D eigenvalue weighted by molar-refractivity contribution is 0.0738. The van der Waals surface area contributed by atoms with Crippen molar-refractivity contribution >= 4 is 15.9 Å². The molecule has 1 N–H and O–H groups in total. The zero-order valence-corrected chi connectivity index (χ0v) is 8.09. The average molecular weight is 218 g/mol. The first kappa shape index (κ1) is 8.68. The first-order chi connectivity index (χ1) is 5.00. The van der Waals surface area contributed by atoms with Gasteiger partial charge < -0.3 is 5.11 Å². The molecule has 0 aliphatic heterocycles. The topological polar surface area (TPSA) is 33.1 Å². The minimum Gasteiger partial charge on any atom is -0.384 e. The van der Waals surface area contributed by atoms with Crippen LogP contribution in [0.3, 0.4) is 0 Å². The summed E-state index contributed by atoms with van der Waals surface area (Å²) in [5, 5.41) is 9.50. The number of aromatic nitrogens is 1. The van der Waals surface area contributed by atoms with E-state index in [1.807, 2.05) is 6.07 Å². The molecule has 1 aromatic heterocycles. The molecule has 0 unspecified atom stereocenters. The maximum Gasteiger partial charge on any atom is 0.101 e. The van der Waals surface area contributed by atoms with Crippen molar-refractivity contribution in [2.24, 2.45) is 0 Å². The van der Waals surface area contributed by atoms with Crippen molar-refractivity contribution in [3.8, 4) is 0 Å². The number of rotatable bonds is 1. The Morgan fingerprint density at radius 2 is 2.09 bits per heavy atom. The van der Waals surface area contributed by atoms with Gasteiger partial charge in [0.15, 0.2) is 0 Å². The third-order valence-corrected chi connectivity index (χ3v) is 1.82. The van der Waals surface area contributed by atoms with Gasteiger partial charge in [-0.2, -0.15) is 0 Å². The monoisotopic (exact) mass is 217 g/mol. The molecule has 0 atom stereocenters. The van der Waals surface area contributed by atoms with Gasteiger partial charge in [-0.3, -0.25) is 4.98 Å². The third-order valence-electron chi connectivity index (χ3n) is 1.35. The SMILES string of the molecule is C[14C](C)(O)c1ccc(Br)cn1. The summed E-state index contributed by atoms with van der Waals surface area (Å²) in [5.41, 5.74) is -0.165. The van der Waals surface area contributed by atoms with Gasteiger partial charge in [-0.1, -0.05) is 0 Å². The fraction of sp³-hybridized carbons (Fsp3) is 0.375. The lowest BCUT2D eigenvalue weighted by Gasteiger charge is -2.15. The van der Waals surface area contributed by atoms with Gasteiger partial charge in [0, 0.05) is 10.7 Å². The highest BCUT2D eigenvalue weighted by Gasteiger charge is 2.16. The average Bonchev–Trinajstić information content (AvgIpc) is 1.86. The molecule has 3 heteroatoms. The van der Waals surface area contributed by atoms with Crippen LogP contribution >= 0.6 is 15.9 Å². The number of aliphatic hydroxyl groups is 1. The van der Waals surface area contributed by atoms with Crippen molar-refractivity contribution in [3.05, 3.63) is 28.5 Å². The summed E-state index contributed by atoms with van der Waals surface area (Å²) in [6, 6.07) is 3.66. The predicted molar refractivity (Wildman–Crippen MR) is 47.2 cm³/mol. The molecule has 1 aromatic rings. The van der Waals surface area contributed by atoms with Crippen molar-refractivity contribution in [3.63, 3.8) is 0 Å². The highest BCUT2D eigenvalue weighted by Crippen LogP contribution is 2.18. The summed E-state index contributed by atoms with van der Waals surface area (Å²) < 4.78 is 0.922. The Hall–Kier alpha value is -0.410. The number of pyridine rings is 1. The standard InChI is InChI=1S/C8H10BrNO/c1-8(2,11)7-4-3-6(9)5-10-7/h3-5,11H,1-2H3/i8+2. The molecule has 60 valence electrons. The molecule has 0 saturated carbocycles. The maximum atomic E-state index is 9.50. The van der Waals surface area contributed by atoms with Crippen molar-refractivity contribution in [2.75, 3.05) is 0 Å². The first-order valence-corrected chi connectivity index (χ1v) is 4.14. The van der Waals surface area contributed by atoms with Crippen LogP contribution in [0.2, 0.25) is 0 Å². The van der Waals surface area contributed by atoms with Crippen LogP contribution in [0.5, 0.6) is 0 Å². The van der Waals surface area contributed by atoms with Crippen LogP contribution in [-0.4, -0.2) is 10.1 Å². The second-order valence-corrected chi connectivity index (χ2v) is 3.84. The highest BCUT2D eigenvalue weighted by atomic mass is 79.9. The Morgan fingerprint density at radius 1 is 1.45 bits per heavy atom. The molecule has 0 spiro atoms. The second-order valence-electron chi connectivity index (χ2n) is 2.92. The van der Waals surface area contributed by atoms with E-state index in [-0.39, 0.29) is 0 Å². The zero-order chi connectivity index (χ0) is 8.48. The maximum absolute atomic E-state index is 9.50. The smallest absolute Gasteiger partial charge is 0.101 e. The van der Waals surface area contributed by atoms with E-state index in [1.54, 1.807) is 26.1 Å². The predicted octanol–water partition coefficient (Wildman–Crippen LogP) is 2.07. The van der Waals surface area contributed by atoms with Crippen LogP contribution in [0, 0.1) is 0 Å². The van der Waals surface area contributed by atoms with Crippen molar-refractivity contribution in [2.45, 2.75) is 19.4 Å². The molecule has 0 aliphatic rings. The molecule has 0 fully saturated rings. The largest absolute Gasteiger partial charge is 0.384 e. The molecule has 0 saturated heterocycles. The lowest BCUT2D eigenvalue weighted by Crippen LogP contribution is -2.16. The molecule has 11 heavy (non-hydrogen) atoms. The normalized spacial score (nSPS) is 11.6. The van der Waals surface area contributed by atoms with Gasteiger partial charge in [0.1, 0.15) is 5.60 Å². The van der Waals surface area contributed by atoms with Crippen LogP contribution < -0.4 is 0 Å². The van der Waals surface area contributed by atoms with E-state index in [4.69, 9.17) is 0 Å². The number of nitrogens with zero attached hydrogens (tertiary/aromatic N) is 1. The Balaban J connectivity index is 2.99. The van der Waals surface area contributed by atoms with E-state index < -0.39 is 5.60 Å². The van der Waals surface area contributed by atoms with Crippen molar-refractivity contribution in [1.29, 1.82) is 0 Å². The number of hydrogen-bond acceptors (Lipinski definition) is 2. The van der Waals surface area contributed by atoms with Crippen molar-refractivity contribution in [1.82, 2.24) is 4.98 Å². The molecule has 1 rings (SSSR count). The minimum absolute atomic E-state index is 0.681. The lowest BCUT2D eigenvalue weighted by atomic mass is 10.4. The molecule has 2 nitrogen and oxygen atoms in total. The molecule has 0 radical (unpaired) electrons. The molecule has 0 aliphatic carbocycles. The zero-order valence-electron chi connectivity index (χ0n) is 6.50. The quantitative estimate of drug-likeness (QED) is 0.782. The summed E-state index contributed by atoms with van der Waals surface area (Å²) in [4.78, 5) is 4.05. The molecular weight excluding hydrogens is 208 g/mol. The second kappa shape index (κ2) is 2.91. The van der Waals surface area contributed by atoms with Gasteiger partial charge in [0.25, 0.3) is 0 Å². The van der Waals surface area contributed by atoms with E-state index in [9.17, 15) is 5.11 Å². The van der Waals surface area contributed by atoms with Gasteiger partial charge in [0.05, 0.1) is 5.69 Å².